The standard InChI is InChI=1S/C24H19Cl2N3O/c25-20-11-10-19(14-21(20)26)29-22(17-7-2-1-3-8-17)23(27-24(29)30)28-13-12-16-6-4-5-9-18(16)15-28/h1-11,14H,12-13,15H2,(H,27,30). The molecule has 5 rings (SSSR count). The summed E-state index contributed by atoms with van der Waals surface area (Å²) >= 11 is 12.4. The van der Waals surface area contributed by atoms with Gasteiger partial charge in [-0.05, 0) is 35.7 Å². The maximum absolute atomic E-state index is 13.1. The topological polar surface area (TPSA) is 41.0 Å². The van der Waals surface area contributed by atoms with E-state index < -0.39 is 0 Å². The predicted molar refractivity (Wildman–Crippen MR) is 123 cm³/mol. The van der Waals surface area contributed by atoms with Crippen molar-refractivity contribution < 1.29 is 0 Å². The lowest BCUT2D eigenvalue weighted by Crippen LogP contribution is -2.31. The van der Waals surface area contributed by atoms with E-state index in [4.69, 9.17) is 23.2 Å². The monoisotopic (exact) mass is 435 g/mol. The highest BCUT2D eigenvalue weighted by Crippen LogP contribution is 2.34. The summed E-state index contributed by atoms with van der Waals surface area (Å²) in [4.78, 5) is 18.5. The third-order valence-corrected chi connectivity index (χ3v) is 6.27. The Kier molecular flexibility index (Phi) is 4.89. The van der Waals surface area contributed by atoms with Gasteiger partial charge in [0.05, 0.1) is 21.4 Å². The molecule has 0 unspecified atom stereocenters. The lowest BCUT2D eigenvalue weighted by Gasteiger charge is -2.30. The van der Waals surface area contributed by atoms with Crippen molar-refractivity contribution in [3.63, 3.8) is 0 Å². The Balaban J connectivity index is 1.69. The minimum Gasteiger partial charge on any atom is -0.352 e. The van der Waals surface area contributed by atoms with Crippen LogP contribution in [0.5, 0.6) is 0 Å². The number of rotatable bonds is 3. The van der Waals surface area contributed by atoms with Crippen molar-refractivity contribution in [1.82, 2.24) is 9.55 Å². The van der Waals surface area contributed by atoms with E-state index in [9.17, 15) is 4.79 Å². The molecule has 0 atom stereocenters. The van der Waals surface area contributed by atoms with Crippen LogP contribution < -0.4 is 10.6 Å². The van der Waals surface area contributed by atoms with E-state index in [-0.39, 0.29) is 5.69 Å². The molecule has 1 N–H and O–H groups in total. The van der Waals surface area contributed by atoms with Crippen molar-refractivity contribution in [2.24, 2.45) is 0 Å². The number of nitrogens with zero attached hydrogens (tertiary/aromatic N) is 2. The van der Waals surface area contributed by atoms with Gasteiger partial charge in [0.1, 0.15) is 5.82 Å². The Morgan fingerprint density at radius 2 is 1.57 bits per heavy atom. The Labute approximate surface area is 184 Å². The Bertz CT molecular complexity index is 1280. The fourth-order valence-corrected chi connectivity index (χ4v) is 4.36. The van der Waals surface area contributed by atoms with Gasteiger partial charge >= 0.3 is 5.69 Å². The summed E-state index contributed by atoms with van der Waals surface area (Å²) in [6.45, 7) is 1.58. The van der Waals surface area contributed by atoms with Crippen LogP contribution in [0.4, 0.5) is 5.82 Å². The van der Waals surface area contributed by atoms with Crippen LogP contribution in [0.15, 0.2) is 77.6 Å². The lowest BCUT2D eigenvalue weighted by molar-refractivity contribution is 0.723. The van der Waals surface area contributed by atoms with E-state index >= 15 is 0 Å². The Morgan fingerprint density at radius 3 is 2.33 bits per heavy atom. The van der Waals surface area contributed by atoms with Crippen LogP contribution in [0.2, 0.25) is 10.0 Å². The molecule has 150 valence electrons. The highest BCUT2D eigenvalue weighted by molar-refractivity contribution is 6.42. The predicted octanol–water partition coefficient (Wildman–Crippen LogP) is 5.70. The first-order valence-electron chi connectivity index (χ1n) is 9.79. The first kappa shape index (κ1) is 19.0. The van der Waals surface area contributed by atoms with Crippen LogP contribution in [-0.2, 0) is 13.0 Å². The summed E-state index contributed by atoms with van der Waals surface area (Å²) in [5.41, 5.74) is 4.88. The molecule has 2 heterocycles. The molecular formula is C24H19Cl2N3O. The molecule has 0 fully saturated rings. The van der Waals surface area contributed by atoms with Gasteiger partial charge in [-0.25, -0.2) is 4.79 Å². The van der Waals surface area contributed by atoms with Crippen molar-refractivity contribution >= 4 is 29.0 Å². The number of hydrogen-bond donors (Lipinski definition) is 1. The van der Waals surface area contributed by atoms with E-state index in [1.165, 1.54) is 11.1 Å². The van der Waals surface area contributed by atoms with Crippen LogP contribution in [0.1, 0.15) is 11.1 Å². The first-order valence-corrected chi connectivity index (χ1v) is 10.5. The summed E-state index contributed by atoms with van der Waals surface area (Å²) < 4.78 is 1.67. The average Bonchev–Trinajstić information content (AvgIpc) is 3.13. The molecule has 0 saturated heterocycles. The Morgan fingerprint density at radius 1 is 0.833 bits per heavy atom. The maximum Gasteiger partial charge on any atom is 0.332 e. The molecule has 30 heavy (non-hydrogen) atoms. The van der Waals surface area contributed by atoms with E-state index in [1.807, 2.05) is 36.4 Å². The van der Waals surface area contributed by atoms with Crippen LogP contribution in [0.25, 0.3) is 16.9 Å². The summed E-state index contributed by atoms with van der Waals surface area (Å²) in [6.07, 6.45) is 0.935. The molecular weight excluding hydrogens is 417 g/mol. The third-order valence-electron chi connectivity index (χ3n) is 5.53. The van der Waals surface area contributed by atoms with Gasteiger partial charge < -0.3 is 4.90 Å². The van der Waals surface area contributed by atoms with Crippen LogP contribution in [-0.4, -0.2) is 16.1 Å². The number of imidazole rings is 1. The average molecular weight is 436 g/mol. The van der Waals surface area contributed by atoms with E-state index in [0.717, 1.165) is 36.6 Å². The van der Waals surface area contributed by atoms with Gasteiger partial charge in [0.2, 0.25) is 0 Å². The van der Waals surface area contributed by atoms with Crippen LogP contribution >= 0.6 is 23.2 Å². The number of anilines is 1. The van der Waals surface area contributed by atoms with E-state index in [2.05, 4.69) is 34.1 Å². The quantitative estimate of drug-likeness (QED) is 0.448. The summed E-state index contributed by atoms with van der Waals surface area (Å²) in [5, 5.41) is 0.868. The fraction of sp³-hybridized carbons (Fsp3) is 0.125. The number of fused-ring (bicyclic) bond motifs is 1. The first-order chi connectivity index (χ1) is 14.6. The zero-order valence-electron chi connectivity index (χ0n) is 16.1. The number of H-pyrrole nitrogens is 1. The van der Waals surface area contributed by atoms with Crippen molar-refractivity contribution in [2.45, 2.75) is 13.0 Å². The van der Waals surface area contributed by atoms with Gasteiger partial charge in [0.25, 0.3) is 0 Å². The SMILES string of the molecule is O=c1[nH]c(N2CCc3ccccc3C2)c(-c2ccccc2)n1-c1ccc(Cl)c(Cl)c1. The number of aromatic nitrogens is 2. The molecule has 1 aliphatic heterocycles. The van der Waals surface area contributed by atoms with Crippen LogP contribution in [0, 0.1) is 0 Å². The number of hydrogen-bond acceptors (Lipinski definition) is 2. The summed E-state index contributed by atoms with van der Waals surface area (Å²) in [7, 11) is 0. The second-order valence-corrected chi connectivity index (χ2v) is 8.18. The minimum absolute atomic E-state index is 0.207. The van der Waals surface area contributed by atoms with E-state index in [0.29, 0.717) is 15.7 Å². The van der Waals surface area contributed by atoms with E-state index in [1.54, 1.807) is 16.7 Å². The normalized spacial score (nSPS) is 13.3. The maximum atomic E-state index is 13.1. The molecule has 3 aromatic carbocycles. The van der Waals surface area contributed by atoms with Crippen molar-refractivity contribution in [3.8, 4) is 16.9 Å². The molecule has 1 aliphatic rings. The smallest absolute Gasteiger partial charge is 0.332 e. The highest BCUT2D eigenvalue weighted by atomic mass is 35.5. The summed E-state index contributed by atoms with van der Waals surface area (Å²) in [6, 6.07) is 23.6. The molecule has 0 bridgehead atoms. The molecule has 1 aromatic heterocycles. The Hall–Kier alpha value is -2.95. The second-order valence-electron chi connectivity index (χ2n) is 7.37. The molecule has 6 heteroatoms. The van der Waals surface area contributed by atoms with Crippen molar-refractivity contribution in [1.29, 1.82) is 0 Å². The molecule has 4 nitrogen and oxygen atoms in total. The van der Waals surface area contributed by atoms with Gasteiger partial charge in [-0.15, -0.1) is 0 Å². The fourth-order valence-electron chi connectivity index (χ4n) is 4.07. The van der Waals surface area contributed by atoms with Crippen molar-refractivity contribution in [2.75, 3.05) is 11.4 Å². The van der Waals surface area contributed by atoms with Crippen molar-refractivity contribution in [3.05, 3.63) is 104 Å². The molecule has 0 aliphatic carbocycles. The van der Waals surface area contributed by atoms with Gasteiger partial charge in [-0.1, -0.05) is 77.8 Å². The van der Waals surface area contributed by atoms with Gasteiger partial charge in [0.15, 0.2) is 0 Å². The minimum atomic E-state index is -0.207. The largest absolute Gasteiger partial charge is 0.352 e. The number of nitrogens with one attached hydrogen (secondary N) is 1. The zero-order chi connectivity index (χ0) is 20.7. The van der Waals surface area contributed by atoms with Crippen LogP contribution in [0.3, 0.4) is 0 Å². The molecule has 4 aromatic rings. The van der Waals surface area contributed by atoms with Gasteiger partial charge in [-0.3, -0.25) is 9.55 Å². The van der Waals surface area contributed by atoms with Gasteiger partial charge in [-0.2, -0.15) is 0 Å². The second kappa shape index (κ2) is 7.71. The zero-order valence-corrected chi connectivity index (χ0v) is 17.6. The molecule has 0 amide bonds. The molecule has 0 saturated carbocycles. The molecule has 0 radical (unpaired) electrons. The van der Waals surface area contributed by atoms with Gasteiger partial charge in [0, 0.05) is 18.7 Å². The highest BCUT2D eigenvalue weighted by Gasteiger charge is 2.25. The summed E-state index contributed by atoms with van der Waals surface area (Å²) in [5.74, 6) is 0.812. The molecule has 0 spiro atoms. The third kappa shape index (κ3) is 3.32. The number of halogens is 2. The number of aromatic amines is 1. The lowest BCUT2D eigenvalue weighted by atomic mass is 9.99. The number of benzene rings is 3.